The number of rotatable bonds is 4. The lowest BCUT2D eigenvalue weighted by atomic mass is 10.2. The van der Waals surface area contributed by atoms with Crippen molar-refractivity contribution in [2.45, 2.75) is 13.2 Å². The van der Waals surface area contributed by atoms with E-state index in [2.05, 4.69) is 15.9 Å². The van der Waals surface area contributed by atoms with Gasteiger partial charge in [-0.05, 0) is 39.7 Å². The fourth-order valence-electron chi connectivity index (χ4n) is 1.58. The number of hydrogen-bond donors (Lipinski definition) is 1. The molecule has 0 radical (unpaired) electrons. The molecule has 0 unspecified atom stereocenters. The van der Waals surface area contributed by atoms with Crippen LogP contribution < -0.4 is 4.74 Å². The molecule has 2 aromatic rings. The van der Waals surface area contributed by atoms with Crippen LogP contribution in [0.3, 0.4) is 0 Å². The third-order valence-corrected chi connectivity index (χ3v) is 3.48. The highest BCUT2D eigenvalue weighted by Gasteiger charge is 2.08. The second kappa shape index (κ2) is 6.12. The second-order valence-corrected chi connectivity index (χ2v) is 4.72. The quantitative estimate of drug-likeness (QED) is 0.925. The van der Waals surface area contributed by atoms with Crippen molar-refractivity contribution in [3.05, 3.63) is 63.6 Å². The van der Waals surface area contributed by atoms with Gasteiger partial charge < -0.3 is 9.84 Å². The number of hydrogen-bond acceptors (Lipinski definition) is 2. The Bertz CT molecular complexity index is 588. The Morgan fingerprint density at radius 3 is 2.58 bits per heavy atom. The van der Waals surface area contributed by atoms with Gasteiger partial charge >= 0.3 is 0 Å². The average Bonchev–Trinajstić information content (AvgIpc) is 2.41. The minimum Gasteiger partial charge on any atom is -0.486 e. The van der Waals surface area contributed by atoms with Crippen molar-refractivity contribution < 1.29 is 18.6 Å². The SMILES string of the molecule is OCc1ccc(OCc2cccc(F)c2Br)c(F)c1. The third-order valence-electron chi connectivity index (χ3n) is 2.59. The molecule has 0 spiro atoms. The highest BCUT2D eigenvalue weighted by molar-refractivity contribution is 9.10. The van der Waals surface area contributed by atoms with E-state index in [1.165, 1.54) is 18.2 Å². The summed E-state index contributed by atoms with van der Waals surface area (Å²) < 4.78 is 32.5. The summed E-state index contributed by atoms with van der Waals surface area (Å²) in [6, 6.07) is 8.78. The molecule has 0 bridgehead atoms. The van der Waals surface area contributed by atoms with Gasteiger partial charge in [0, 0.05) is 5.56 Å². The molecule has 0 aliphatic carbocycles. The maximum atomic E-state index is 13.6. The molecule has 5 heteroatoms. The van der Waals surface area contributed by atoms with Gasteiger partial charge in [0.25, 0.3) is 0 Å². The minimum atomic E-state index is -0.556. The van der Waals surface area contributed by atoms with Gasteiger partial charge in [0.05, 0.1) is 11.1 Å². The highest BCUT2D eigenvalue weighted by atomic mass is 79.9. The largest absolute Gasteiger partial charge is 0.486 e. The summed E-state index contributed by atoms with van der Waals surface area (Å²) in [5, 5.41) is 8.87. The Kier molecular flexibility index (Phi) is 4.50. The first kappa shape index (κ1) is 14.0. The Morgan fingerprint density at radius 1 is 1.11 bits per heavy atom. The van der Waals surface area contributed by atoms with Crippen molar-refractivity contribution in [1.29, 1.82) is 0 Å². The summed E-state index contributed by atoms with van der Waals surface area (Å²) in [5.74, 6) is -0.885. The van der Waals surface area contributed by atoms with Crippen molar-refractivity contribution >= 4 is 15.9 Å². The molecule has 2 nitrogen and oxygen atoms in total. The molecule has 2 aromatic carbocycles. The minimum absolute atomic E-state index is 0.0493. The third kappa shape index (κ3) is 3.30. The Hall–Kier alpha value is -1.46. The van der Waals surface area contributed by atoms with E-state index in [0.717, 1.165) is 0 Å². The van der Waals surface area contributed by atoms with Gasteiger partial charge in [-0.2, -0.15) is 0 Å². The van der Waals surface area contributed by atoms with Gasteiger partial charge in [0.1, 0.15) is 12.4 Å². The van der Waals surface area contributed by atoms with Crippen LogP contribution in [-0.4, -0.2) is 5.11 Å². The van der Waals surface area contributed by atoms with Crippen LogP contribution in [0.15, 0.2) is 40.9 Å². The van der Waals surface area contributed by atoms with E-state index in [0.29, 0.717) is 15.6 Å². The van der Waals surface area contributed by atoms with E-state index in [1.807, 2.05) is 0 Å². The predicted octanol–water partition coefficient (Wildman–Crippen LogP) is 3.80. The molecule has 0 aliphatic heterocycles. The number of halogens is 3. The topological polar surface area (TPSA) is 29.5 Å². The molecule has 0 atom stereocenters. The fraction of sp³-hybridized carbons (Fsp3) is 0.143. The molecule has 19 heavy (non-hydrogen) atoms. The average molecular weight is 329 g/mol. The molecule has 2 rings (SSSR count). The van der Waals surface area contributed by atoms with Crippen LogP contribution in [-0.2, 0) is 13.2 Å². The molecule has 0 aliphatic rings. The van der Waals surface area contributed by atoms with Gasteiger partial charge in [-0.1, -0.05) is 18.2 Å². The van der Waals surface area contributed by atoms with Crippen LogP contribution >= 0.6 is 15.9 Å². The van der Waals surface area contributed by atoms with E-state index in [1.54, 1.807) is 18.2 Å². The number of aliphatic hydroxyl groups excluding tert-OH is 1. The Labute approximate surface area is 117 Å². The van der Waals surface area contributed by atoms with Crippen molar-refractivity contribution in [2.75, 3.05) is 0 Å². The van der Waals surface area contributed by atoms with Crippen LogP contribution in [0, 0.1) is 11.6 Å². The van der Waals surface area contributed by atoms with Crippen molar-refractivity contribution in [3.8, 4) is 5.75 Å². The van der Waals surface area contributed by atoms with Crippen LogP contribution in [0.5, 0.6) is 5.75 Å². The summed E-state index contributed by atoms with van der Waals surface area (Å²) in [4.78, 5) is 0. The second-order valence-electron chi connectivity index (χ2n) is 3.92. The van der Waals surface area contributed by atoms with E-state index in [4.69, 9.17) is 9.84 Å². The van der Waals surface area contributed by atoms with E-state index in [9.17, 15) is 8.78 Å². The van der Waals surface area contributed by atoms with E-state index in [-0.39, 0.29) is 19.0 Å². The zero-order valence-electron chi connectivity index (χ0n) is 9.87. The lowest BCUT2D eigenvalue weighted by molar-refractivity contribution is 0.276. The molecule has 1 N–H and O–H groups in total. The molecular weight excluding hydrogens is 318 g/mol. The zero-order valence-corrected chi connectivity index (χ0v) is 11.5. The predicted molar refractivity (Wildman–Crippen MR) is 70.8 cm³/mol. The van der Waals surface area contributed by atoms with Crippen molar-refractivity contribution in [1.82, 2.24) is 0 Å². The lowest BCUT2D eigenvalue weighted by Crippen LogP contribution is -2.00. The maximum absolute atomic E-state index is 13.6. The van der Waals surface area contributed by atoms with Gasteiger partial charge in [-0.15, -0.1) is 0 Å². The van der Waals surface area contributed by atoms with Gasteiger partial charge in [0.15, 0.2) is 11.6 Å². The Morgan fingerprint density at radius 2 is 1.89 bits per heavy atom. The first-order valence-corrected chi connectivity index (χ1v) is 6.36. The normalized spacial score (nSPS) is 10.5. The maximum Gasteiger partial charge on any atom is 0.165 e. The van der Waals surface area contributed by atoms with Gasteiger partial charge in [0.2, 0.25) is 0 Å². The summed E-state index contributed by atoms with van der Waals surface area (Å²) in [6.45, 7) is -0.180. The van der Waals surface area contributed by atoms with Gasteiger partial charge in [-0.25, -0.2) is 8.78 Å². The van der Waals surface area contributed by atoms with Crippen LogP contribution in [0.1, 0.15) is 11.1 Å². The number of benzene rings is 2. The number of aliphatic hydroxyl groups is 1. The summed E-state index contributed by atoms with van der Waals surface area (Å²) in [5.41, 5.74) is 1.06. The molecule has 100 valence electrons. The van der Waals surface area contributed by atoms with Crippen molar-refractivity contribution in [2.24, 2.45) is 0 Å². The molecule has 0 fully saturated rings. The molecule has 0 aromatic heterocycles. The van der Waals surface area contributed by atoms with Crippen LogP contribution in [0.4, 0.5) is 8.78 Å². The smallest absolute Gasteiger partial charge is 0.165 e. The summed E-state index contributed by atoms with van der Waals surface area (Å²) in [7, 11) is 0. The molecule has 0 heterocycles. The summed E-state index contributed by atoms with van der Waals surface area (Å²) >= 11 is 3.11. The van der Waals surface area contributed by atoms with Crippen LogP contribution in [0.2, 0.25) is 0 Å². The standard InChI is InChI=1S/C14H11BrF2O2/c15-14-10(2-1-3-11(14)16)8-19-13-5-4-9(7-18)6-12(13)17/h1-6,18H,7-8H2. The molecule has 0 saturated heterocycles. The summed E-state index contributed by atoms with van der Waals surface area (Å²) in [6.07, 6.45) is 0. The van der Waals surface area contributed by atoms with Gasteiger partial charge in [-0.3, -0.25) is 0 Å². The Balaban J connectivity index is 2.12. The van der Waals surface area contributed by atoms with Crippen molar-refractivity contribution in [3.63, 3.8) is 0 Å². The highest BCUT2D eigenvalue weighted by Crippen LogP contribution is 2.24. The molecule has 0 amide bonds. The molecular formula is C14H11BrF2O2. The van der Waals surface area contributed by atoms with E-state index >= 15 is 0 Å². The fourth-order valence-corrected chi connectivity index (χ4v) is 1.95. The lowest BCUT2D eigenvalue weighted by Gasteiger charge is -2.09. The number of ether oxygens (including phenoxy) is 1. The zero-order chi connectivity index (χ0) is 13.8. The van der Waals surface area contributed by atoms with Crippen LogP contribution in [0.25, 0.3) is 0 Å². The monoisotopic (exact) mass is 328 g/mol. The first-order valence-electron chi connectivity index (χ1n) is 5.57. The first-order chi connectivity index (χ1) is 9.11. The molecule has 0 saturated carbocycles. The van der Waals surface area contributed by atoms with E-state index < -0.39 is 11.6 Å².